The number of methoxy groups -OCH3 is 1. The minimum absolute atomic E-state index is 0.0584. The van der Waals surface area contributed by atoms with E-state index in [1.807, 2.05) is 42.5 Å². The number of nitrogens with zero attached hydrogens (tertiary/aromatic N) is 3. The van der Waals surface area contributed by atoms with Crippen molar-refractivity contribution in [2.45, 2.75) is 52.4 Å². The molecular formula is C41H47N3O7. The largest absolute Gasteiger partial charge is 0.497 e. The van der Waals surface area contributed by atoms with Crippen molar-refractivity contribution in [1.82, 2.24) is 0 Å². The van der Waals surface area contributed by atoms with Gasteiger partial charge in [0, 0.05) is 23.8 Å². The summed E-state index contributed by atoms with van der Waals surface area (Å²) in [5, 5.41) is 1.49. The molecule has 0 saturated carbocycles. The van der Waals surface area contributed by atoms with Crippen molar-refractivity contribution < 1.29 is 33.2 Å². The van der Waals surface area contributed by atoms with E-state index in [1.54, 1.807) is 7.11 Å². The molecule has 0 N–H and O–H groups in total. The van der Waals surface area contributed by atoms with Crippen LogP contribution in [0.2, 0.25) is 0 Å². The molecule has 4 aromatic rings. The molecule has 51 heavy (non-hydrogen) atoms. The summed E-state index contributed by atoms with van der Waals surface area (Å²) in [5.41, 5.74) is 6.32. The molecule has 268 valence electrons. The predicted octanol–water partition coefficient (Wildman–Crippen LogP) is 7.90. The minimum Gasteiger partial charge on any atom is -0.497 e. The van der Waals surface area contributed by atoms with E-state index in [9.17, 15) is 0 Å². The summed E-state index contributed by atoms with van der Waals surface area (Å²) < 4.78 is 41.8. The maximum Gasteiger partial charge on any atom is 0.163 e. The van der Waals surface area contributed by atoms with E-state index in [0.717, 1.165) is 56.2 Å². The van der Waals surface area contributed by atoms with Gasteiger partial charge in [-0.15, -0.1) is 0 Å². The zero-order chi connectivity index (χ0) is 35.8. The van der Waals surface area contributed by atoms with Gasteiger partial charge < -0.3 is 38.1 Å². The average molecular weight is 694 g/mol. The SMILES string of the molecule is COc1ccc2c(c1)N(c1ccc3c(c1)OCCOCCOCCOCCO3)c1cc3c(cc1=N2)Oc1c(cc(C(C)(C)C)cc1C(C)(C)C)N=3. The van der Waals surface area contributed by atoms with E-state index >= 15 is 0 Å². The maximum atomic E-state index is 6.74. The molecule has 0 bridgehead atoms. The zero-order valence-corrected chi connectivity index (χ0v) is 30.6. The third-order valence-electron chi connectivity index (χ3n) is 9.06. The van der Waals surface area contributed by atoms with Crippen LogP contribution in [0.3, 0.4) is 0 Å². The predicted molar refractivity (Wildman–Crippen MR) is 197 cm³/mol. The van der Waals surface area contributed by atoms with Crippen molar-refractivity contribution in [2.75, 3.05) is 64.9 Å². The molecule has 0 unspecified atom stereocenters. The Kier molecular flexibility index (Phi) is 9.67. The number of fused-ring (bicyclic) bond motifs is 5. The summed E-state index contributed by atoms with van der Waals surface area (Å²) in [7, 11) is 1.67. The van der Waals surface area contributed by atoms with Gasteiger partial charge in [0.25, 0.3) is 0 Å². The highest BCUT2D eigenvalue weighted by molar-refractivity contribution is 5.87. The number of rotatable bonds is 2. The third kappa shape index (κ3) is 7.40. The molecule has 0 fully saturated rings. The van der Waals surface area contributed by atoms with Crippen LogP contribution in [-0.2, 0) is 25.0 Å². The van der Waals surface area contributed by atoms with Gasteiger partial charge in [-0.2, -0.15) is 0 Å². The van der Waals surface area contributed by atoms with Crippen LogP contribution in [0, 0.1) is 0 Å². The lowest BCUT2D eigenvalue weighted by atomic mass is 9.79. The van der Waals surface area contributed by atoms with Crippen LogP contribution < -0.4 is 34.6 Å². The normalized spacial score (nSPS) is 16.4. The van der Waals surface area contributed by atoms with E-state index in [4.69, 9.17) is 43.1 Å². The summed E-state index contributed by atoms with van der Waals surface area (Å²) >= 11 is 0. The topological polar surface area (TPSA) is 92.6 Å². The smallest absolute Gasteiger partial charge is 0.163 e. The number of anilines is 3. The first kappa shape index (κ1) is 34.8. The second-order valence-electron chi connectivity index (χ2n) is 14.9. The first-order valence-corrected chi connectivity index (χ1v) is 17.6. The monoisotopic (exact) mass is 693 g/mol. The van der Waals surface area contributed by atoms with E-state index in [-0.39, 0.29) is 10.8 Å². The van der Waals surface area contributed by atoms with E-state index in [2.05, 4.69) is 64.6 Å². The Morgan fingerprint density at radius 1 is 0.588 bits per heavy atom. The molecule has 7 rings (SSSR count). The summed E-state index contributed by atoms with van der Waals surface area (Å²) in [6, 6.07) is 20.3. The van der Waals surface area contributed by atoms with Crippen LogP contribution in [0.1, 0.15) is 52.7 Å². The molecule has 4 aromatic carbocycles. The van der Waals surface area contributed by atoms with Gasteiger partial charge in [-0.1, -0.05) is 47.6 Å². The number of ether oxygens (including phenoxy) is 7. The average Bonchev–Trinajstić information content (AvgIpc) is 3.10. The number of benzene rings is 4. The van der Waals surface area contributed by atoms with E-state index in [1.165, 1.54) is 5.56 Å². The molecule has 10 heteroatoms. The van der Waals surface area contributed by atoms with Crippen molar-refractivity contribution >= 4 is 28.4 Å². The summed E-state index contributed by atoms with van der Waals surface area (Å²) in [4.78, 5) is 12.5. The lowest BCUT2D eigenvalue weighted by Crippen LogP contribution is -2.27. The Balaban J connectivity index is 1.35. The third-order valence-corrected chi connectivity index (χ3v) is 9.06. The second-order valence-corrected chi connectivity index (χ2v) is 14.9. The first-order valence-electron chi connectivity index (χ1n) is 17.6. The Labute approximate surface area is 299 Å². The van der Waals surface area contributed by atoms with Crippen LogP contribution in [0.4, 0.5) is 28.4 Å². The van der Waals surface area contributed by atoms with Crippen LogP contribution in [0.15, 0.2) is 70.6 Å². The fraction of sp³-hybridized carbons (Fsp3) is 0.415. The van der Waals surface area contributed by atoms with Crippen molar-refractivity contribution in [3.63, 3.8) is 0 Å². The molecule has 0 saturated heterocycles. The summed E-state index contributed by atoms with van der Waals surface area (Å²) in [5.74, 6) is 3.40. The maximum absolute atomic E-state index is 6.74. The fourth-order valence-electron chi connectivity index (χ4n) is 6.29. The molecule has 0 amide bonds. The van der Waals surface area contributed by atoms with Crippen molar-refractivity contribution in [1.29, 1.82) is 0 Å². The van der Waals surface area contributed by atoms with E-state index in [0.29, 0.717) is 70.1 Å². The van der Waals surface area contributed by atoms with Gasteiger partial charge in [0.05, 0.1) is 74.9 Å². The zero-order valence-electron chi connectivity index (χ0n) is 30.6. The fourth-order valence-corrected chi connectivity index (χ4v) is 6.29. The quantitative estimate of drug-likeness (QED) is 0.181. The molecule has 10 nitrogen and oxygen atoms in total. The van der Waals surface area contributed by atoms with Gasteiger partial charge in [-0.25, -0.2) is 9.98 Å². The molecule has 3 heterocycles. The van der Waals surface area contributed by atoms with Crippen molar-refractivity contribution in [2.24, 2.45) is 9.98 Å². The number of hydrogen-bond donors (Lipinski definition) is 0. The lowest BCUT2D eigenvalue weighted by molar-refractivity contribution is 0.00708. The minimum atomic E-state index is -0.149. The molecular weight excluding hydrogens is 646 g/mol. The van der Waals surface area contributed by atoms with Gasteiger partial charge in [-0.3, -0.25) is 0 Å². The molecule has 0 aliphatic carbocycles. The van der Waals surface area contributed by atoms with Crippen molar-refractivity contribution in [3.8, 4) is 28.7 Å². The summed E-state index contributed by atoms with van der Waals surface area (Å²) in [6.45, 7) is 16.9. The Morgan fingerprint density at radius 2 is 1.25 bits per heavy atom. The van der Waals surface area contributed by atoms with Crippen LogP contribution >= 0.6 is 0 Å². The van der Waals surface area contributed by atoms with Gasteiger partial charge >= 0.3 is 0 Å². The number of hydrogen-bond acceptors (Lipinski definition) is 10. The Morgan fingerprint density at radius 3 is 1.92 bits per heavy atom. The van der Waals surface area contributed by atoms with Crippen LogP contribution in [-0.4, -0.2) is 60.0 Å². The van der Waals surface area contributed by atoms with Gasteiger partial charge in [0.2, 0.25) is 0 Å². The highest BCUT2D eigenvalue weighted by Crippen LogP contribution is 2.48. The van der Waals surface area contributed by atoms with Gasteiger partial charge in [0.1, 0.15) is 30.0 Å². The Hall–Kier alpha value is -4.64. The second kappa shape index (κ2) is 14.2. The van der Waals surface area contributed by atoms with E-state index < -0.39 is 0 Å². The lowest BCUT2D eigenvalue weighted by Gasteiger charge is -2.32. The molecule has 0 spiro atoms. The molecule has 0 atom stereocenters. The Bertz CT molecular complexity index is 2050. The molecule has 0 aromatic heterocycles. The van der Waals surface area contributed by atoms with Crippen LogP contribution in [0.5, 0.6) is 28.7 Å². The van der Waals surface area contributed by atoms with Gasteiger partial charge in [0.15, 0.2) is 23.0 Å². The van der Waals surface area contributed by atoms with Crippen LogP contribution in [0.25, 0.3) is 0 Å². The highest BCUT2D eigenvalue weighted by Gasteiger charge is 2.30. The molecule has 3 aliphatic rings. The summed E-state index contributed by atoms with van der Waals surface area (Å²) in [6.07, 6.45) is 0. The molecule has 3 aliphatic heterocycles. The van der Waals surface area contributed by atoms with Crippen molar-refractivity contribution in [3.05, 3.63) is 82.5 Å². The van der Waals surface area contributed by atoms with Gasteiger partial charge in [-0.05, 0) is 52.8 Å². The first-order chi connectivity index (χ1) is 24.5. The standard InChI is InChI=1S/C41H47N3O7/c1-40(2,3)26-20-29(41(4,5)6)39-33(21-26)43-32-24-35-31(25-37(32)51-39)42-30-10-9-28(45-7)23-34(30)44(35)27-8-11-36-38(22-27)50-19-17-48-15-13-46-12-14-47-16-18-49-36/h8-11,20-25H,12-19H2,1-7H3. The highest BCUT2D eigenvalue weighted by atomic mass is 16.6. The molecule has 0 radical (unpaired) electrons.